The first-order chi connectivity index (χ1) is 9.72. The number of likely N-dealkylation sites (tertiary alicyclic amines) is 1. The van der Waals surface area contributed by atoms with Crippen LogP contribution < -0.4 is 0 Å². The van der Waals surface area contributed by atoms with E-state index >= 15 is 0 Å². The molecular weight excluding hydrogens is 320 g/mol. The van der Waals surface area contributed by atoms with Gasteiger partial charge >= 0.3 is 5.97 Å². The van der Waals surface area contributed by atoms with Crippen LogP contribution in [0.4, 0.5) is 4.39 Å². The Hall–Kier alpha value is -0.880. The number of hydrogen-bond donors (Lipinski definition) is 1. The van der Waals surface area contributed by atoms with Gasteiger partial charge in [-0.3, -0.25) is 4.90 Å². The standard InChI is InChI=1S/C14H16Cl2FNO3/c1-8(9-3-12(17)11(16)4-10(9)15)18-6-14(2,7-18)21-5-13(19)20/h3-4,8H,5-7H2,1-2H3,(H,19,20). The topological polar surface area (TPSA) is 49.8 Å². The van der Waals surface area contributed by atoms with Crippen LogP contribution in [0.1, 0.15) is 25.5 Å². The molecule has 0 radical (unpaired) electrons. The molecule has 0 spiro atoms. The number of carbonyl (C=O) groups is 1. The van der Waals surface area contributed by atoms with E-state index in [0.717, 1.165) is 0 Å². The summed E-state index contributed by atoms with van der Waals surface area (Å²) in [5.41, 5.74) is 0.156. The van der Waals surface area contributed by atoms with E-state index in [1.54, 1.807) is 0 Å². The number of carboxylic acids is 1. The summed E-state index contributed by atoms with van der Waals surface area (Å²) < 4.78 is 18.9. The lowest BCUT2D eigenvalue weighted by Gasteiger charge is -2.50. The SMILES string of the molecule is CC(c1cc(F)c(Cl)cc1Cl)N1CC(C)(OCC(=O)O)C1. The molecule has 1 aliphatic heterocycles. The Labute approximate surface area is 132 Å². The molecule has 0 bridgehead atoms. The molecule has 0 saturated carbocycles. The fourth-order valence-electron chi connectivity index (χ4n) is 2.47. The highest BCUT2D eigenvalue weighted by Crippen LogP contribution is 2.37. The summed E-state index contributed by atoms with van der Waals surface area (Å²) in [5.74, 6) is -1.50. The van der Waals surface area contributed by atoms with Crippen LogP contribution in [0.5, 0.6) is 0 Å². The molecule has 1 saturated heterocycles. The van der Waals surface area contributed by atoms with Crippen molar-refractivity contribution in [1.82, 2.24) is 4.90 Å². The molecule has 1 N–H and O–H groups in total. The van der Waals surface area contributed by atoms with Gasteiger partial charge in [-0.1, -0.05) is 23.2 Å². The van der Waals surface area contributed by atoms with Crippen molar-refractivity contribution in [3.8, 4) is 0 Å². The van der Waals surface area contributed by atoms with Gasteiger partial charge in [0.1, 0.15) is 12.4 Å². The van der Waals surface area contributed by atoms with Crippen molar-refractivity contribution < 1.29 is 19.0 Å². The summed E-state index contributed by atoms with van der Waals surface area (Å²) in [6.45, 7) is 4.55. The lowest BCUT2D eigenvalue weighted by molar-refractivity contribution is -0.169. The fourth-order valence-corrected chi connectivity index (χ4v) is 3.01. The zero-order valence-corrected chi connectivity index (χ0v) is 13.2. The van der Waals surface area contributed by atoms with Crippen molar-refractivity contribution in [3.63, 3.8) is 0 Å². The molecule has 1 aromatic carbocycles. The third-order valence-corrected chi connectivity index (χ3v) is 4.27. The molecule has 1 aromatic rings. The smallest absolute Gasteiger partial charge is 0.329 e. The quantitative estimate of drug-likeness (QED) is 0.838. The Kier molecular flexibility index (Phi) is 4.78. The van der Waals surface area contributed by atoms with Crippen LogP contribution >= 0.6 is 23.2 Å². The van der Waals surface area contributed by atoms with Crippen molar-refractivity contribution >= 4 is 29.2 Å². The summed E-state index contributed by atoms with van der Waals surface area (Å²) in [7, 11) is 0. The Bertz CT molecular complexity index is 561. The van der Waals surface area contributed by atoms with Gasteiger partial charge in [-0.2, -0.15) is 0 Å². The van der Waals surface area contributed by atoms with E-state index in [-0.39, 0.29) is 17.7 Å². The van der Waals surface area contributed by atoms with E-state index in [2.05, 4.69) is 0 Å². The summed E-state index contributed by atoms with van der Waals surface area (Å²) in [5, 5.41) is 9.04. The van der Waals surface area contributed by atoms with E-state index in [4.69, 9.17) is 33.0 Å². The van der Waals surface area contributed by atoms with Gasteiger partial charge in [0.25, 0.3) is 0 Å². The predicted molar refractivity (Wildman–Crippen MR) is 78.4 cm³/mol. The normalized spacial score (nSPS) is 19.1. The van der Waals surface area contributed by atoms with Gasteiger partial charge in [0.2, 0.25) is 0 Å². The van der Waals surface area contributed by atoms with E-state index in [1.807, 2.05) is 18.7 Å². The van der Waals surface area contributed by atoms with Crippen molar-refractivity contribution in [3.05, 3.63) is 33.6 Å². The third-order valence-electron chi connectivity index (χ3n) is 3.66. The molecular formula is C14H16Cl2FNO3. The minimum Gasteiger partial charge on any atom is -0.480 e. The maximum Gasteiger partial charge on any atom is 0.329 e. The number of hydrogen-bond acceptors (Lipinski definition) is 3. The molecule has 1 heterocycles. The monoisotopic (exact) mass is 335 g/mol. The van der Waals surface area contributed by atoms with Gasteiger partial charge in [-0.15, -0.1) is 0 Å². The minimum atomic E-state index is -0.995. The molecule has 1 aliphatic rings. The molecule has 2 rings (SSSR count). The number of rotatable bonds is 5. The van der Waals surface area contributed by atoms with E-state index in [1.165, 1.54) is 12.1 Å². The van der Waals surface area contributed by atoms with Gasteiger partial charge in [0, 0.05) is 24.2 Å². The van der Waals surface area contributed by atoms with Crippen LogP contribution in [0.3, 0.4) is 0 Å². The van der Waals surface area contributed by atoms with Crippen molar-refractivity contribution in [2.75, 3.05) is 19.7 Å². The number of aliphatic carboxylic acids is 1. The molecule has 0 aromatic heterocycles. The zero-order chi connectivity index (χ0) is 15.8. The second-order valence-electron chi connectivity index (χ2n) is 5.50. The van der Waals surface area contributed by atoms with E-state index < -0.39 is 17.4 Å². The summed E-state index contributed by atoms with van der Waals surface area (Å²) in [6, 6.07) is 2.62. The molecule has 0 aliphatic carbocycles. The Morgan fingerprint density at radius 2 is 2.10 bits per heavy atom. The van der Waals surface area contributed by atoms with Gasteiger partial charge in [0.05, 0.1) is 10.6 Å². The maximum absolute atomic E-state index is 13.6. The van der Waals surface area contributed by atoms with Gasteiger partial charge in [0.15, 0.2) is 0 Å². The second kappa shape index (κ2) is 6.08. The number of benzene rings is 1. The van der Waals surface area contributed by atoms with Crippen LogP contribution in [0.25, 0.3) is 0 Å². The molecule has 1 atom stereocenters. The van der Waals surface area contributed by atoms with E-state index in [0.29, 0.717) is 23.7 Å². The largest absolute Gasteiger partial charge is 0.480 e. The molecule has 116 valence electrons. The molecule has 1 unspecified atom stereocenters. The molecule has 21 heavy (non-hydrogen) atoms. The summed E-state index contributed by atoms with van der Waals surface area (Å²) in [4.78, 5) is 12.6. The lowest BCUT2D eigenvalue weighted by atomic mass is 9.92. The highest BCUT2D eigenvalue weighted by Gasteiger charge is 2.42. The summed E-state index contributed by atoms with van der Waals surface area (Å²) in [6.07, 6.45) is 0. The fraction of sp³-hybridized carbons (Fsp3) is 0.500. The first-order valence-electron chi connectivity index (χ1n) is 6.46. The molecule has 7 heteroatoms. The van der Waals surface area contributed by atoms with Gasteiger partial charge in [-0.05, 0) is 31.5 Å². The second-order valence-corrected chi connectivity index (χ2v) is 6.32. The average molecular weight is 336 g/mol. The summed E-state index contributed by atoms with van der Waals surface area (Å²) >= 11 is 11.8. The molecule has 0 amide bonds. The average Bonchev–Trinajstić information content (AvgIpc) is 2.36. The third kappa shape index (κ3) is 3.66. The molecule has 1 fully saturated rings. The van der Waals surface area contributed by atoms with E-state index in [9.17, 15) is 9.18 Å². The number of ether oxygens (including phenoxy) is 1. The highest BCUT2D eigenvalue weighted by atomic mass is 35.5. The van der Waals surface area contributed by atoms with Crippen LogP contribution in [-0.4, -0.2) is 41.3 Å². The number of nitrogens with zero attached hydrogens (tertiary/aromatic N) is 1. The van der Waals surface area contributed by atoms with Crippen molar-refractivity contribution in [2.45, 2.75) is 25.5 Å². The lowest BCUT2D eigenvalue weighted by Crippen LogP contribution is -2.62. The van der Waals surface area contributed by atoms with Crippen molar-refractivity contribution in [1.29, 1.82) is 0 Å². The van der Waals surface area contributed by atoms with Crippen LogP contribution in [0.15, 0.2) is 12.1 Å². The predicted octanol–water partition coefficient (Wildman–Crippen LogP) is 3.37. The van der Waals surface area contributed by atoms with Crippen molar-refractivity contribution in [2.24, 2.45) is 0 Å². The Morgan fingerprint density at radius 1 is 1.48 bits per heavy atom. The molecule has 4 nitrogen and oxygen atoms in total. The number of halogens is 3. The Balaban J connectivity index is 2.02. The first kappa shape index (κ1) is 16.5. The van der Waals surface area contributed by atoms with Gasteiger partial charge in [-0.25, -0.2) is 9.18 Å². The van der Waals surface area contributed by atoms with Crippen LogP contribution in [-0.2, 0) is 9.53 Å². The highest BCUT2D eigenvalue weighted by molar-refractivity contribution is 6.35. The first-order valence-corrected chi connectivity index (χ1v) is 7.22. The van der Waals surface area contributed by atoms with Crippen LogP contribution in [0.2, 0.25) is 10.0 Å². The Morgan fingerprint density at radius 3 is 2.67 bits per heavy atom. The van der Waals surface area contributed by atoms with Crippen LogP contribution in [0, 0.1) is 5.82 Å². The zero-order valence-electron chi connectivity index (χ0n) is 11.7. The van der Waals surface area contributed by atoms with Gasteiger partial charge < -0.3 is 9.84 Å². The minimum absolute atomic E-state index is 0.00538. The maximum atomic E-state index is 13.6. The number of carboxylic acid groups (broad SMARTS) is 1.